The average molecular weight is 220 g/mol. The lowest BCUT2D eigenvalue weighted by atomic mass is 9.90. The molecule has 1 saturated carbocycles. The standard InChI is InChI=1S/C14H20O2/c1-10(2)16-13-7-5-4-6-12(13)14(8-9-14)11(3)15/h4-7,10-11,15H,8-9H2,1-3H3. The van der Waals surface area contributed by atoms with Crippen LogP contribution in [0, 0.1) is 0 Å². The molecule has 1 aromatic carbocycles. The largest absolute Gasteiger partial charge is 0.491 e. The molecule has 2 rings (SSSR count). The van der Waals surface area contributed by atoms with E-state index in [0.29, 0.717) is 0 Å². The summed E-state index contributed by atoms with van der Waals surface area (Å²) in [6.45, 7) is 5.93. The lowest BCUT2D eigenvalue weighted by Gasteiger charge is -2.23. The number of para-hydroxylation sites is 1. The second-order valence-corrected chi connectivity index (χ2v) is 4.99. The normalized spacial score (nSPS) is 19.6. The lowest BCUT2D eigenvalue weighted by molar-refractivity contribution is 0.146. The second-order valence-electron chi connectivity index (χ2n) is 4.99. The van der Waals surface area contributed by atoms with Gasteiger partial charge in [-0.15, -0.1) is 0 Å². The van der Waals surface area contributed by atoms with Gasteiger partial charge in [0.05, 0.1) is 12.2 Å². The van der Waals surface area contributed by atoms with Crippen molar-refractivity contribution >= 4 is 0 Å². The van der Waals surface area contributed by atoms with Crippen LogP contribution < -0.4 is 4.74 Å². The van der Waals surface area contributed by atoms with Crippen molar-refractivity contribution in [3.05, 3.63) is 29.8 Å². The molecule has 2 heteroatoms. The lowest BCUT2D eigenvalue weighted by Crippen LogP contribution is -2.24. The quantitative estimate of drug-likeness (QED) is 0.845. The average Bonchev–Trinajstić information content (AvgIpc) is 2.98. The molecule has 0 heterocycles. The van der Waals surface area contributed by atoms with Crippen molar-refractivity contribution in [3.8, 4) is 5.75 Å². The van der Waals surface area contributed by atoms with Gasteiger partial charge in [-0.2, -0.15) is 0 Å². The van der Waals surface area contributed by atoms with E-state index < -0.39 is 0 Å². The molecule has 2 nitrogen and oxygen atoms in total. The number of hydrogen-bond donors (Lipinski definition) is 1. The fourth-order valence-corrected chi connectivity index (χ4v) is 2.28. The summed E-state index contributed by atoms with van der Waals surface area (Å²) in [5.41, 5.74) is 1.12. The highest BCUT2D eigenvalue weighted by Gasteiger charge is 2.49. The molecular formula is C14H20O2. The number of aliphatic hydroxyl groups is 1. The Hall–Kier alpha value is -1.02. The molecule has 0 amide bonds. The molecule has 1 aliphatic carbocycles. The summed E-state index contributed by atoms with van der Waals surface area (Å²) in [6, 6.07) is 8.08. The summed E-state index contributed by atoms with van der Waals surface area (Å²) in [6.07, 6.45) is 1.99. The van der Waals surface area contributed by atoms with Crippen LogP contribution >= 0.6 is 0 Å². The number of hydrogen-bond acceptors (Lipinski definition) is 2. The van der Waals surface area contributed by atoms with Crippen LogP contribution in [-0.4, -0.2) is 17.3 Å². The molecule has 16 heavy (non-hydrogen) atoms. The number of ether oxygens (including phenoxy) is 1. The van der Waals surface area contributed by atoms with Crippen LogP contribution in [0.15, 0.2) is 24.3 Å². The van der Waals surface area contributed by atoms with E-state index in [1.807, 2.05) is 39.0 Å². The summed E-state index contributed by atoms with van der Waals surface area (Å²) >= 11 is 0. The SMILES string of the molecule is CC(C)Oc1ccccc1C1(C(C)O)CC1. The van der Waals surface area contributed by atoms with Crippen LogP contribution in [0.5, 0.6) is 5.75 Å². The van der Waals surface area contributed by atoms with Crippen molar-refractivity contribution < 1.29 is 9.84 Å². The van der Waals surface area contributed by atoms with Crippen LogP contribution in [0.3, 0.4) is 0 Å². The van der Waals surface area contributed by atoms with Crippen molar-refractivity contribution in [2.45, 2.75) is 51.2 Å². The molecule has 88 valence electrons. The first-order valence-electron chi connectivity index (χ1n) is 6.00. The molecule has 1 N–H and O–H groups in total. The van der Waals surface area contributed by atoms with Gasteiger partial charge in [-0.05, 0) is 39.7 Å². The molecule has 0 aromatic heterocycles. The Morgan fingerprint density at radius 2 is 1.81 bits per heavy atom. The monoisotopic (exact) mass is 220 g/mol. The number of rotatable bonds is 4. The van der Waals surface area contributed by atoms with Crippen LogP contribution in [0.1, 0.15) is 39.2 Å². The molecule has 1 atom stereocenters. The molecule has 0 saturated heterocycles. The highest BCUT2D eigenvalue weighted by molar-refractivity contribution is 5.44. The third-order valence-electron chi connectivity index (χ3n) is 3.37. The minimum absolute atomic E-state index is 0.0501. The Morgan fingerprint density at radius 3 is 2.31 bits per heavy atom. The van der Waals surface area contributed by atoms with Gasteiger partial charge >= 0.3 is 0 Å². The third-order valence-corrected chi connectivity index (χ3v) is 3.37. The maximum absolute atomic E-state index is 9.90. The van der Waals surface area contributed by atoms with E-state index >= 15 is 0 Å². The van der Waals surface area contributed by atoms with Crippen LogP contribution in [-0.2, 0) is 5.41 Å². The predicted molar refractivity (Wildman–Crippen MR) is 64.8 cm³/mol. The predicted octanol–water partition coefficient (Wildman–Crippen LogP) is 2.89. The molecule has 0 bridgehead atoms. The second kappa shape index (κ2) is 4.10. The zero-order valence-electron chi connectivity index (χ0n) is 10.2. The minimum Gasteiger partial charge on any atom is -0.491 e. The van der Waals surface area contributed by atoms with Gasteiger partial charge in [0.15, 0.2) is 0 Å². The summed E-state index contributed by atoms with van der Waals surface area (Å²) in [7, 11) is 0. The molecule has 1 fully saturated rings. The van der Waals surface area contributed by atoms with Crippen molar-refractivity contribution in [1.82, 2.24) is 0 Å². The van der Waals surface area contributed by atoms with E-state index in [9.17, 15) is 5.11 Å². The Morgan fingerprint density at radius 1 is 1.19 bits per heavy atom. The van der Waals surface area contributed by atoms with E-state index in [1.165, 1.54) is 5.56 Å². The topological polar surface area (TPSA) is 29.5 Å². The zero-order valence-corrected chi connectivity index (χ0v) is 10.2. The summed E-state index contributed by atoms with van der Waals surface area (Å²) in [4.78, 5) is 0. The first-order valence-corrected chi connectivity index (χ1v) is 6.00. The molecule has 0 spiro atoms. The third kappa shape index (κ3) is 1.94. The number of aliphatic hydroxyl groups excluding tert-OH is 1. The van der Waals surface area contributed by atoms with Crippen molar-refractivity contribution in [2.75, 3.05) is 0 Å². The van der Waals surface area contributed by atoms with Gasteiger partial charge in [0.25, 0.3) is 0 Å². The van der Waals surface area contributed by atoms with E-state index in [0.717, 1.165) is 18.6 Å². The van der Waals surface area contributed by atoms with Gasteiger partial charge < -0.3 is 9.84 Å². The summed E-state index contributed by atoms with van der Waals surface area (Å²) in [5, 5.41) is 9.90. The van der Waals surface area contributed by atoms with E-state index in [-0.39, 0.29) is 17.6 Å². The summed E-state index contributed by atoms with van der Waals surface area (Å²) in [5.74, 6) is 0.927. The van der Waals surface area contributed by atoms with Crippen molar-refractivity contribution in [3.63, 3.8) is 0 Å². The fourth-order valence-electron chi connectivity index (χ4n) is 2.28. The smallest absolute Gasteiger partial charge is 0.123 e. The Balaban J connectivity index is 2.33. The fraction of sp³-hybridized carbons (Fsp3) is 0.571. The molecular weight excluding hydrogens is 200 g/mol. The van der Waals surface area contributed by atoms with Gasteiger partial charge in [-0.3, -0.25) is 0 Å². The molecule has 0 aliphatic heterocycles. The van der Waals surface area contributed by atoms with Gasteiger partial charge in [-0.1, -0.05) is 18.2 Å². The molecule has 0 radical (unpaired) electrons. The van der Waals surface area contributed by atoms with E-state index in [1.54, 1.807) is 0 Å². The highest BCUT2D eigenvalue weighted by Crippen LogP contribution is 2.53. The first-order chi connectivity index (χ1) is 7.56. The van der Waals surface area contributed by atoms with Gasteiger partial charge in [0, 0.05) is 11.0 Å². The van der Waals surface area contributed by atoms with Gasteiger partial charge in [-0.25, -0.2) is 0 Å². The van der Waals surface area contributed by atoms with Gasteiger partial charge in [0.2, 0.25) is 0 Å². The van der Waals surface area contributed by atoms with E-state index in [2.05, 4.69) is 6.07 Å². The van der Waals surface area contributed by atoms with Crippen molar-refractivity contribution in [1.29, 1.82) is 0 Å². The number of benzene rings is 1. The van der Waals surface area contributed by atoms with Crippen LogP contribution in [0.25, 0.3) is 0 Å². The van der Waals surface area contributed by atoms with Crippen LogP contribution in [0.2, 0.25) is 0 Å². The van der Waals surface area contributed by atoms with Crippen molar-refractivity contribution in [2.24, 2.45) is 0 Å². The summed E-state index contributed by atoms with van der Waals surface area (Å²) < 4.78 is 5.81. The first kappa shape index (κ1) is 11.5. The Bertz CT molecular complexity index is 365. The zero-order chi connectivity index (χ0) is 11.8. The maximum atomic E-state index is 9.90. The Kier molecular flexibility index (Phi) is 2.94. The molecule has 1 unspecified atom stereocenters. The van der Waals surface area contributed by atoms with Gasteiger partial charge in [0.1, 0.15) is 5.75 Å². The van der Waals surface area contributed by atoms with E-state index in [4.69, 9.17) is 4.74 Å². The Labute approximate surface area is 97.3 Å². The van der Waals surface area contributed by atoms with Crippen LogP contribution in [0.4, 0.5) is 0 Å². The molecule has 1 aromatic rings. The minimum atomic E-state index is -0.301. The maximum Gasteiger partial charge on any atom is 0.123 e. The molecule has 1 aliphatic rings. The highest BCUT2D eigenvalue weighted by atomic mass is 16.5.